The quantitative estimate of drug-likeness (QED) is 0.231. The average Bonchev–Trinajstić information content (AvgIpc) is 3.08. The molecule has 2 aromatic carbocycles. The topological polar surface area (TPSA) is 79.3 Å². The number of hydrogen-bond acceptors (Lipinski definition) is 6. The van der Waals surface area contributed by atoms with Gasteiger partial charge in [-0.15, -0.1) is 0 Å². The highest BCUT2D eigenvalue weighted by Crippen LogP contribution is 2.40. The molecule has 2 aromatic rings. The summed E-state index contributed by atoms with van der Waals surface area (Å²) in [6, 6.07) is 13.6. The van der Waals surface area contributed by atoms with Crippen LogP contribution in [0.1, 0.15) is 43.9 Å². The zero-order valence-electron chi connectivity index (χ0n) is 20.4. The number of likely N-dealkylation sites (tertiary alicyclic amines) is 1. The number of amides is 1. The monoisotopic (exact) mass is 466 g/mol. The number of hydrogen-bond donors (Lipinski definition) is 1. The Morgan fingerprint density at radius 3 is 2.41 bits per heavy atom. The molecule has 1 saturated heterocycles. The first-order valence-electron chi connectivity index (χ1n) is 11.8. The van der Waals surface area contributed by atoms with E-state index in [-0.39, 0.29) is 11.3 Å². The van der Waals surface area contributed by atoms with Crippen molar-refractivity contribution in [2.24, 2.45) is 0 Å². The predicted molar refractivity (Wildman–Crippen MR) is 132 cm³/mol. The van der Waals surface area contributed by atoms with Gasteiger partial charge in [0, 0.05) is 18.7 Å². The molecule has 1 unspecified atom stereocenters. The van der Waals surface area contributed by atoms with Crippen molar-refractivity contribution in [2.75, 3.05) is 40.4 Å². The Bertz CT molecular complexity index is 1030. The van der Waals surface area contributed by atoms with Crippen molar-refractivity contribution in [3.63, 3.8) is 0 Å². The Labute approximate surface area is 201 Å². The first-order chi connectivity index (χ1) is 16.4. The molecule has 0 aliphatic carbocycles. The fourth-order valence-electron chi connectivity index (χ4n) is 3.90. The molecule has 7 nitrogen and oxygen atoms in total. The van der Waals surface area contributed by atoms with Crippen LogP contribution in [0.15, 0.2) is 54.1 Å². The number of likely N-dealkylation sites (N-methyl/N-ethyl adjacent to an activating group) is 1. The number of carbonyl (C=O) groups is 2. The van der Waals surface area contributed by atoms with Gasteiger partial charge in [-0.05, 0) is 69.4 Å². The van der Waals surface area contributed by atoms with Crippen LogP contribution in [-0.4, -0.2) is 67.0 Å². The van der Waals surface area contributed by atoms with Crippen LogP contribution in [-0.2, 0) is 9.59 Å². The fourth-order valence-corrected chi connectivity index (χ4v) is 3.90. The summed E-state index contributed by atoms with van der Waals surface area (Å²) in [5, 5.41) is 11.2. The molecule has 0 bridgehead atoms. The number of aliphatic hydroxyl groups excluding tert-OH is 1. The van der Waals surface area contributed by atoms with Gasteiger partial charge < -0.3 is 24.4 Å². The van der Waals surface area contributed by atoms with Crippen LogP contribution >= 0.6 is 0 Å². The molecule has 1 atom stereocenters. The normalized spacial score (nSPS) is 17.4. The predicted octanol–water partition coefficient (Wildman–Crippen LogP) is 4.25. The molecule has 7 heteroatoms. The average molecular weight is 467 g/mol. The molecule has 0 spiro atoms. The molecule has 1 aliphatic rings. The van der Waals surface area contributed by atoms with Crippen molar-refractivity contribution in [3.8, 4) is 11.5 Å². The lowest BCUT2D eigenvalue weighted by atomic mass is 9.95. The van der Waals surface area contributed by atoms with Gasteiger partial charge in [0.1, 0.15) is 17.3 Å². The molecule has 1 aliphatic heterocycles. The van der Waals surface area contributed by atoms with Crippen molar-refractivity contribution in [2.45, 2.75) is 32.7 Å². The maximum absolute atomic E-state index is 13.1. The Balaban J connectivity index is 2.05. The van der Waals surface area contributed by atoms with E-state index in [4.69, 9.17) is 9.47 Å². The summed E-state index contributed by atoms with van der Waals surface area (Å²) in [6.45, 7) is 6.04. The zero-order chi connectivity index (χ0) is 24.7. The number of ether oxygens (including phenoxy) is 2. The molecule has 1 fully saturated rings. The van der Waals surface area contributed by atoms with E-state index < -0.39 is 17.7 Å². The minimum absolute atomic E-state index is 0.0821. The van der Waals surface area contributed by atoms with Gasteiger partial charge in [-0.1, -0.05) is 25.5 Å². The third-order valence-electron chi connectivity index (χ3n) is 5.71. The number of ketones is 1. The molecular weight excluding hydrogens is 432 g/mol. The summed E-state index contributed by atoms with van der Waals surface area (Å²) in [7, 11) is 3.82. The Morgan fingerprint density at radius 1 is 1.03 bits per heavy atom. The van der Waals surface area contributed by atoms with Crippen LogP contribution < -0.4 is 9.47 Å². The number of benzene rings is 2. The van der Waals surface area contributed by atoms with Gasteiger partial charge in [-0.2, -0.15) is 0 Å². The second kappa shape index (κ2) is 11.7. The standard InChI is InChI=1S/C27H34N2O5/c1-5-7-17-34-22-10-8-9-20(18-22)24-23(26(31)27(32)29(24)16-15-28(3)4)25(30)19-11-13-21(14-12-19)33-6-2/h8-14,18,24,30H,5-7,15-17H2,1-4H3. The van der Waals surface area contributed by atoms with Crippen molar-refractivity contribution >= 4 is 17.4 Å². The van der Waals surface area contributed by atoms with E-state index in [1.165, 1.54) is 4.90 Å². The Kier molecular flexibility index (Phi) is 8.71. The largest absolute Gasteiger partial charge is 0.507 e. The second-order valence-electron chi connectivity index (χ2n) is 8.53. The maximum Gasteiger partial charge on any atom is 0.295 e. The number of unbranched alkanes of at least 4 members (excludes halogenated alkanes) is 1. The fraction of sp³-hybridized carbons (Fsp3) is 0.407. The maximum atomic E-state index is 13.1. The third kappa shape index (κ3) is 5.78. The van der Waals surface area contributed by atoms with Crippen molar-refractivity contribution in [1.82, 2.24) is 9.80 Å². The lowest BCUT2D eigenvalue weighted by Gasteiger charge is -2.27. The molecule has 1 heterocycles. The minimum atomic E-state index is -0.707. The van der Waals surface area contributed by atoms with E-state index in [1.54, 1.807) is 24.3 Å². The van der Waals surface area contributed by atoms with Crippen LogP contribution in [0.25, 0.3) is 5.76 Å². The molecule has 3 rings (SSSR count). The summed E-state index contributed by atoms with van der Waals surface area (Å²) >= 11 is 0. The lowest BCUT2D eigenvalue weighted by molar-refractivity contribution is -0.140. The van der Waals surface area contributed by atoms with E-state index >= 15 is 0 Å². The van der Waals surface area contributed by atoms with Gasteiger partial charge >= 0.3 is 0 Å². The van der Waals surface area contributed by atoms with Gasteiger partial charge in [0.05, 0.1) is 24.8 Å². The van der Waals surface area contributed by atoms with Gasteiger partial charge in [0.2, 0.25) is 0 Å². The van der Waals surface area contributed by atoms with Gasteiger partial charge in [0.15, 0.2) is 0 Å². The molecule has 182 valence electrons. The first-order valence-corrected chi connectivity index (χ1v) is 11.8. The number of aliphatic hydroxyl groups is 1. The first kappa shape index (κ1) is 25.3. The van der Waals surface area contributed by atoms with Crippen LogP contribution in [0.3, 0.4) is 0 Å². The highest BCUT2D eigenvalue weighted by Gasteiger charge is 2.46. The SMILES string of the molecule is CCCCOc1cccc(C2C(=C(O)c3ccc(OCC)cc3)C(=O)C(=O)N2CCN(C)C)c1. The molecule has 0 saturated carbocycles. The number of rotatable bonds is 11. The zero-order valence-corrected chi connectivity index (χ0v) is 20.4. The third-order valence-corrected chi connectivity index (χ3v) is 5.71. The van der Waals surface area contributed by atoms with Crippen molar-refractivity contribution in [1.29, 1.82) is 0 Å². The van der Waals surface area contributed by atoms with Crippen molar-refractivity contribution in [3.05, 3.63) is 65.2 Å². The molecule has 0 radical (unpaired) electrons. The second-order valence-corrected chi connectivity index (χ2v) is 8.53. The van der Waals surface area contributed by atoms with E-state index in [0.29, 0.717) is 43.4 Å². The van der Waals surface area contributed by atoms with Crippen LogP contribution in [0.4, 0.5) is 0 Å². The minimum Gasteiger partial charge on any atom is -0.507 e. The Morgan fingerprint density at radius 2 is 1.76 bits per heavy atom. The van der Waals surface area contributed by atoms with Gasteiger partial charge in [-0.3, -0.25) is 9.59 Å². The molecule has 1 amide bonds. The summed E-state index contributed by atoms with van der Waals surface area (Å²) in [5.41, 5.74) is 1.26. The van der Waals surface area contributed by atoms with Gasteiger partial charge in [-0.25, -0.2) is 0 Å². The van der Waals surface area contributed by atoms with E-state index in [9.17, 15) is 14.7 Å². The highest BCUT2D eigenvalue weighted by molar-refractivity contribution is 6.46. The molecule has 1 N–H and O–H groups in total. The van der Waals surface area contributed by atoms with Crippen LogP contribution in [0, 0.1) is 0 Å². The molecule has 34 heavy (non-hydrogen) atoms. The summed E-state index contributed by atoms with van der Waals surface area (Å²) in [4.78, 5) is 29.7. The Hall–Kier alpha value is -3.32. The highest BCUT2D eigenvalue weighted by atomic mass is 16.5. The number of Topliss-reactive ketones (excluding diaryl/α,β-unsaturated/α-hetero) is 1. The number of carbonyl (C=O) groups excluding carboxylic acids is 2. The van der Waals surface area contributed by atoms with E-state index in [2.05, 4.69) is 6.92 Å². The van der Waals surface area contributed by atoms with Crippen LogP contribution in [0.2, 0.25) is 0 Å². The molecular formula is C27H34N2O5. The van der Waals surface area contributed by atoms with E-state index in [0.717, 1.165) is 18.4 Å². The lowest BCUT2D eigenvalue weighted by Crippen LogP contribution is -2.35. The van der Waals surface area contributed by atoms with Gasteiger partial charge in [0.25, 0.3) is 11.7 Å². The summed E-state index contributed by atoms with van der Waals surface area (Å²) < 4.78 is 11.3. The number of nitrogens with zero attached hydrogens (tertiary/aromatic N) is 2. The summed E-state index contributed by atoms with van der Waals surface area (Å²) in [5.74, 6) is -0.163. The smallest absolute Gasteiger partial charge is 0.295 e. The summed E-state index contributed by atoms with van der Waals surface area (Å²) in [6.07, 6.45) is 1.95. The van der Waals surface area contributed by atoms with Crippen LogP contribution in [0.5, 0.6) is 11.5 Å². The van der Waals surface area contributed by atoms with E-state index in [1.807, 2.05) is 50.2 Å². The molecule has 0 aromatic heterocycles. The van der Waals surface area contributed by atoms with Crippen molar-refractivity contribution < 1.29 is 24.2 Å².